The monoisotopic (exact) mass is 297 g/mol. The van der Waals surface area contributed by atoms with E-state index < -0.39 is 4.92 Å². The summed E-state index contributed by atoms with van der Waals surface area (Å²) in [5.41, 5.74) is 5.67. The summed E-state index contributed by atoms with van der Waals surface area (Å²) in [7, 11) is 1.72. The van der Waals surface area contributed by atoms with Crippen LogP contribution in [0.5, 0.6) is 0 Å². The maximum Gasteiger partial charge on any atom is 0.331 e. The lowest BCUT2D eigenvalue weighted by Crippen LogP contribution is -2.25. The number of nitrogens with zero attached hydrogens (tertiary/aromatic N) is 4. The van der Waals surface area contributed by atoms with Crippen LogP contribution in [0.15, 0.2) is 6.20 Å². The average molecular weight is 298 g/mol. The molecule has 1 aromatic heterocycles. The molecule has 2 rings (SSSR count). The SMILES string of the molecule is Cl.Cl.Cn1ncc([N+](=O)[O-])c1N1CCC(CN)C1. The van der Waals surface area contributed by atoms with Crippen molar-refractivity contribution in [2.75, 3.05) is 24.5 Å². The lowest BCUT2D eigenvalue weighted by atomic mass is 10.1. The van der Waals surface area contributed by atoms with Crippen LogP contribution in [0.1, 0.15) is 6.42 Å². The summed E-state index contributed by atoms with van der Waals surface area (Å²) in [6, 6.07) is 0. The maximum absolute atomic E-state index is 10.8. The van der Waals surface area contributed by atoms with Gasteiger partial charge in [0.05, 0.1) is 4.92 Å². The van der Waals surface area contributed by atoms with E-state index in [1.807, 2.05) is 4.90 Å². The number of halogens is 2. The van der Waals surface area contributed by atoms with Crippen molar-refractivity contribution >= 4 is 36.3 Å². The van der Waals surface area contributed by atoms with E-state index in [1.54, 1.807) is 11.7 Å². The molecule has 1 fully saturated rings. The van der Waals surface area contributed by atoms with Gasteiger partial charge in [0.1, 0.15) is 6.20 Å². The Labute approximate surface area is 117 Å². The summed E-state index contributed by atoms with van der Waals surface area (Å²) >= 11 is 0. The van der Waals surface area contributed by atoms with Gasteiger partial charge >= 0.3 is 5.69 Å². The standard InChI is InChI=1S/C9H15N5O2.2ClH/c1-12-9(8(5-11-12)14(15)16)13-3-2-7(4-10)6-13;;/h5,7H,2-4,6,10H2,1H3;2*1H. The molecule has 0 spiro atoms. The van der Waals surface area contributed by atoms with Crippen LogP contribution in [0, 0.1) is 16.0 Å². The zero-order valence-electron chi connectivity index (χ0n) is 9.98. The van der Waals surface area contributed by atoms with E-state index in [0.29, 0.717) is 18.3 Å². The van der Waals surface area contributed by atoms with Crippen molar-refractivity contribution in [3.63, 3.8) is 0 Å². The molecule has 9 heteroatoms. The number of aryl methyl sites for hydroxylation is 1. The molecule has 104 valence electrons. The highest BCUT2D eigenvalue weighted by molar-refractivity contribution is 5.85. The van der Waals surface area contributed by atoms with Crippen LogP contribution in [0.3, 0.4) is 0 Å². The first kappa shape index (κ1) is 16.9. The number of hydrogen-bond acceptors (Lipinski definition) is 5. The van der Waals surface area contributed by atoms with E-state index in [4.69, 9.17) is 5.73 Å². The Morgan fingerprint density at radius 2 is 2.28 bits per heavy atom. The van der Waals surface area contributed by atoms with Crippen molar-refractivity contribution < 1.29 is 4.92 Å². The van der Waals surface area contributed by atoms with Crippen molar-refractivity contribution in [3.05, 3.63) is 16.3 Å². The van der Waals surface area contributed by atoms with E-state index in [1.165, 1.54) is 6.20 Å². The second kappa shape index (κ2) is 6.77. The first-order valence-electron chi connectivity index (χ1n) is 5.25. The number of aromatic nitrogens is 2. The van der Waals surface area contributed by atoms with Crippen LogP contribution in [0.2, 0.25) is 0 Å². The van der Waals surface area contributed by atoms with Crippen LogP contribution in [0.25, 0.3) is 0 Å². The predicted octanol–water partition coefficient (Wildman–Crippen LogP) is 0.957. The Balaban J connectivity index is 0.00000144. The molecular formula is C9H17Cl2N5O2. The summed E-state index contributed by atoms with van der Waals surface area (Å²) in [5, 5.41) is 14.8. The average Bonchev–Trinajstić information content (AvgIpc) is 2.83. The molecule has 7 nitrogen and oxygen atoms in total. The Morgan fingerprint density at radius 1 is 1.61 bits per heavy atom. The van der Waals surface area contributed by atoms with Gasteiger partial charge in [-0.2, -0.15) is 5.10 Å². The molecule has 1 aromatic rings. The first-order chi connectivity index (χ1) is 7.63. The van der Waals surface area contributed by atoms with Gasteiger partial charge in [-0.05, 0) is 18.9 Å². The van der Waals surface area contributed by atoms with E-state index in [9.17, 15) is 10.1 Å². The molecule has 2 heterocycles. The molecule has 2 N–H and O–H groups in total. The van der Waals surface area contributed by atoms with Gasteiger partial charge in [-0.15, -0.1) is 24.8 Å². The van der Waals surface area contributed by atoms with E-state index >= 15 is 0 Å². The molecular weight excluding hydrogens is 281 g/mol. The fraction of sp³-hybridized carbons (Fsp3) is 0.667. The van der Waals surface area contributed by atoms with Gasteiger partial charge in [0.15, 0.2) is 0 Å². The fourth-order valence-electron chi connectivity index (χ4n) is 2.13. The van der Waals surface area contributed by atoms with Gasteiger partial charge in [0, 0.05) is 20.1 Å². The topological polar surface area (TPSA) is 90.2 Å². The van der Waals surface area contributed by atoms with Crippen molar-refractivity contribution in [2.24, 2.45) is 18.7 Å². The smallest absolute Gasteiger partial charge is 0.331 e. The Bertz CT molecular complexity index is 412. The molecule has 0 aliphatic carbocycles. The van der Waals surface area contributed by atoms with E-state index in [0.717, 1.165) is 19.5 Å². The van der Waals surface area contributed by atoms with Gasteiger partial charge in [0.2, 0.25) is 5.82 Å². The van der Waals surface area contributed by atoms with E-state index in [-0.39, 0.29) is 30.5 Å². The van der Waals surface area contributed by atoms with Crippen LogP contribution >= 0.6 is 24.8 Å². The summed E-state index contributed by atoms with van der Waals surface area (Å²) < 4.78 is 1.55. The first-order valence-corrected chi connectivity index (χ1v) is 5.25. The molecule has 1 aliphatic heterocycles. The van der Waals surface area contributed by atoms with Gasteiger partial charge in [0.25, 0.3) is 0 Å². The molecule has 0 bridgehead atoms. The molecule has 1 saturated heterocycles. The summed E-state index contributed by atoms with van der Waals surface area (Å²) in [6.07, 6.45) is 2.28. The van der Waals surface area contributed by atoms with Crippen molar-refractivity contribution in [2.45, 2.75) is 6.42 Å². The molecule has 0 amide bonds. The number of hydrogen-bond donors (Lipinski definition) is 1. The highest BCUT2D eigenvalue weighted by atomic mass is 35.5. The molecule has 1 aliphatic rings. The van der Waals surface area contributed by atoms with Gasteiger partial charge in [-0.25, -0.2) is 4.68 Å². The zero-order valence-corrected chi connectivity index (χ0v) is 11.6. The van der Waals surface area contributed by atoms with Crippen LogP contribution in [0.4, 0.5) is 11.5 Å². The van der Waals surface area contributed by atoms with Crippen molar-refractivity contribution in [3.8, 4) is 0 Å². The zero-order chi connectivity index (χ0) is 11.7. The third-order valence-electron chi connectivity index (χ3n) is 3.00. The normalized spacial score (nSPS) is 18.1. The summed E-state index contributed by atoms with van der Waals surface area (Å²) in [4.78, 5) is 12.4. The summed E-state index contributed by atoms with van der Waals surface area (Å²) in [6.45, 7) is 2.21. The lowest BCUT2D eigenvalue weighted by molar-refractivity contribution is -0.384. The Morgan fingerprint density at radius 3 is 2.78 bits per heavy atom. The molecule has 1 atom stereocenters. The third-order valence-corrected chi connectivity index (χ3v) is 3.00. The quantitative estimate of drug-likeness (QED) is 0.663. The van der Waals surface area contributed by atoms with Crippen molar-refractivity contribution in [1.82, 2.24) is 9.78 Å². The third kappa shape index (κ3) is 3.04. The fourth-order valence-corrected chi connectivity index (χ4v) is 2.13. The Hall–Kier alpha value is -1.05. The second-order valence-corrected chi connectivity index (χ2v) is 4.07. The van der Waals surface area contributed by atoms with Crippen LogP contribution < -0.4 is 10.6 Å². The minimum atomic E-state index is -0.391. The largest absolute Gasteiger partial charge is 0.351 e. The minimum Gasteiger partial charge on any atom is -0.351 e. The van der Waals surface area contributed by atoms with Crippen molar-refractivity contribution in [1.29, 1.82) is 0 Å². The van der Waals surface area contributed by atoms with Crippen LogP contribution in [-0.2, 0) is 7.05 Å². The van der Waals surface area contributed by atoms with Crippen LogP contribution in [-0.4, -0.2) is 34.3 Å². The predicted molar refractivity (Wildman–Crippen MR) is 73.7 cm³/mol. The summed E-state index contributed by atoms with van der Waals surface area (Å²) in [5.74, 6) is 1.01. The molecule has 0 aromatic carbocycles. The van der Waals surface area contributed by atoms with Gasteiger partial charge in [-0.1, -0.05) is 0 Å². The molecule has 18 heavy (non-hydrogen) atoms. The number of rotatable bonds is 3. The van der Waals surface area contributed by atoms with E-state index in [2.05, 4.69) is 5.10 Å². The Kier molecular flexibility index (Phi) is 6.37. The van der Waals surface area contributed by atoms with Gasteiger partial charge in [-0.3, -0.25) is 10.1 Å². The molecule has 0 saturated carbocycles. The number of anilines is 1. The second-order valence-electron chi connectivity index (χ2n) is 4.07. The minimum absolute atomic E-state index is 0. The molecule has 0 radical (unpaired) electrons. The maximum atomic E-state index is 10.8. The molecule has 1 unspecified atom stereocenters. The highest BCUT2D eigenvalue weighted by Gasteiger charge is 2.30. The lowest BCUT2D eigenvalue weighted by Gasteiger charge is -2.17. The van der Waals surface area contributed by atoms with Gasteiger partial charge < -0.3 is 10.6 Å². The number of nitro groups is 1. The number of nitrogens with two attached hydrogens (primary N) is 1. The highest BCUT2D eigenvalue weighted by Crippen LogP contribution is 2.30.